The summed E-state index contributed by atoms with van der Waals surface area (Å²) in [6, 6.07) is 27.4. The molecule has 0 spiro atoms. The molecule has 2 amide bonds. The molecule has 2 aliphatic heterocycles. The minimum Gasteiger partial charge on any atom is -0.455 e. The number of carbonyl (C=O) groups excluding carboxylic acids is 3. The summed E-state index contributed by atoms with van der Waals surface area (Å²) in [5.41, 5.74) is 0.165. The van der Waals surface area contributed by atoms with Crippen molar-refractivity contribution in [3.8, 4) is 0 Å². The number of β-lactam (4-membered cyclic amide) rings is 1. The second kappa shape index (κ2) is 16.3. The zero-order valence-electron chi connectivity index (χ0n) is 29.4. The van der Waals surface area contributed by atoms with Crippen molar-refractivity contribution in [1.29, 1.82) is 0 Å². The molecule has 54 heavy (non-hydrogen) atoms. The number of aliphatic hydroxyl groups excluding tert-OH is 1. The van der Waals surface area contributed by atoms with Crippen LogP contribution in [-0.2, 0) is 29.5 Å². The van der Waals surface area contributed by atoms with Gasteiger partial charge in [0.15, 0.2) is 10.8 Å². The summed E-state index contributed by atoms with van der Waals surface area (Å²) in [4.78, 5) is 51.2. The fraction of sp³-hybridized carbons (Fsp3) is 0.256. The molecule has 1 fully saturated rings. The van der Waals surface area contributed by atoms with Crippen LogP contribution in [0.5, 0.6) is 0 Å². The number of fused-ring (bicyclic) bond motifs is 1. The van der Waals surface area contributed by atoms with Gasteiger partial charge in [0.2, 0.25) is 0 Å². The van der Waals surface area contributed by atoms with Crippen LogP contribution < -0.4 is 10.6 Å². The molecule has 4 aromatic rings. The van der Waals surface area contributed by atoms with Gasteiger partial charge in [-0.25, -0.2) is 9.78 Å². The number of aromatic nitrogens is 1. The topological polar surface area (TPSA) is 142 Å². The molecule has 11 nitrogen and oxygen atoms in total. The lowest BCUT2D eigenvalue weighted by Gasteiger charge is -2.50. The number of nitrogens with zero attached hydrogens (tertiary/aromatic N) is 3. The van der Waals surface area contributed by atoms with E-state index < -0.39 is 53.3 Å². The largest absolute Gasteiger partial charge is 0.455 e. The lowest BCUT2D eigenvalue weighted by molar-refractivity contribution is -0.160. The van der Waals surface area contributed by atoms with E-state index in [9.17, 15) is 28.3 Å². The van der Waals surface area contributed by atoms with Crippen LogP contribution in [0.15, 0.2) is 124 Å². The first kappa shape index (κ1) is 38.3. The highest BCUT2D eigenvalue weighted by atomic mass is 32.2. The third-order valence-electron chi connectivity index (χ3n) is 8.46. The predicted molar refractivity (Wildman–Crippen MR) is 203 cm³/mol. The van der Waals surface area contributed by atoms with Crippen molar-refractivity contribution >= 4 is 51.7 Å². The number of alkyl halides is 2. The summed E-state index contributed by atoms with van der Waals surface area (Å²) >= 11 is 2.37. The van der Waals surface area contributed by atoms with Crippen LogP contribution in [0.2, 0.25) is 0 Å². The first-order chi connectivity index (χ1) is 25.9. The van der Waals surface area contributed by atoms with Gasteiger partial charge in [-0.2, -0.15) is 8.78 Å². The summed E-state index contributed by atoms with van der Waals surface area (Å²) in [5.74, 6) is -2.07. The minimum atomic E-state index is -3.34. The van der Waals surface area contributed by atoms with Gasteiger partial charge in [0, 0.05) is 16.0 Å². The lowest BCUT2D eigenvalue weighted by Crippen LogP contribution is -2.73. The number of aliphatic hydroxyl groups is 1. The number of amides is 2. The number of oxime groups is 1. The Morgan fingerprint density at radius 3 is 2.09 bits per heavy atom. The van der Waals surface area contributed by atoms with E-state index >= 15 is 0 Å². The summed E-state index contributed by atoms with van der Waals surface area (Å²) in [5, 5.41) is 20.8. The number of carbonyl (C=O) groups is 3. The van der Waals surface area contributed by atoms with Crippen LogP contribution in [0.25, 0.3) is 0 Å². The van der Waals surface area contributed by atoms with E-state index in [1.807, 2.05) is 91.0 Å². The molecule has 0 saturated carbocycles. The summed E-state index contributed by atoms with van der Waals surface area (Å²) in [7, 11) is 0. The van der Waals surface area contributed by atoms with Crippen molar-refractivity contribution in [2.45, 2.75) is 50.6 Å². The fourth-order valence-corrected chi connectivity index (χ4v) is 8.17. The van der Waals surface area contributed by atoms with E-state index in [0.717, 1.165) is 28.0 Å². The van der Waals surface area contributed by atoms with Gasteiger partial charge in [-0.15, -0.1) is 23.1 Å². The number of thiazole rings is 1. The number of esters is 1. The molecule has 0 radical (unpaired) electrons. The Hall–Kier alpha value is -5.38. The van der Waals surface area contributed by atoms with Gasteiger partial charge >= 0.3 is 12.6 Å². The number of ether oxygens (including phenoxy) is 1. The van der Waals surface area contributed by atoms with Crippen LogP contribution in [0, 0.1) is 0 Å². The molecular weight excluding hydrogens is 737 g/mol. The Morgan fingerprint density at radius 1 is 1.00 bits per heavy atom. The number of thioether (sulfide) groups is 1. The second-order valence-corrected chi connectivity index (χ2v) is 15.1. The standard InChI is InChI=1S/C39H37F2N5O6S2/c1-38(2,3)51-35(50)32-29(20-13-21-47)53-23-28-31(34(49)46(28)32)43-33(48)30(45-52-36(40)41)27-22-54-37(42-27)44-39(24-14-7-4-8-15-24,25-16-9-5-10-17-25)26-18-11-6-12-19-26/h4-20,22,28,31,36,47H,21,23H2,1-3H3,(H,42,44)(H,43,48). The molecular formula is C39H37F2N5O6S2. The smallest absolute Gasteiger partial charge is 0.407 e. The van der Waals surface area contributed by atoms with E-state index in [0.29, 0.717) is 10.0 Å². The molecule has 0 bridgehead atoms. The summed E-state index contributed by atoms with van der Waals surface area (Å²) < 4.78 is 32.2. The molecule has 0 aliphatic carbocycles. The highest BCUT2D eigenvalue weighted by Gasteiger charge is 2.54. The maximum absolute atomic E-state index is 13.8. The number of allylic oxidation sites excluding steroid dienone is 1. The van der Waals surface area contributed by atoms with Gasteiger partial charge in [0.05, 0.1) is 12.6 Å². The monoisotopic (exact) mass is 773 g/mol. The van der Waals surface area contributed by atoms with Crippen molar-refractivity contribution < 1.29 is 37.8 Å². The minimum absolute atomic E-state index is 0.0183. The second-order valence-electron chi connectivity index (χ2n) is 13.2. The van der Waals surface area contributed by atoms with Crippen molar-refractivity contribution in [2.24, 2.45) is 5.16 Å². The highest BCUT2D eigenvalue weighted by molar-refractivity contribution is 8.03. The number of hydrogen-bond donors (Lipinski definition) is 3. The van der Waals surface area contributed by atoms with Gasteiger partial charge in [-0.3, -0.25) is 14.5 Å². The van der Waals surface area contributed by atoms with Gasteiger partial charge in [0.25, 0.3) is 11.8 Å². The van der Waals surface area contributed by atoms with Crippen molar-refractivity contribution in [3.05, 3.63) is 142 Å². The van der Waals surface area contributed by atoms with Crippen molar-refractivity contribution in [2.75, 3.05) is 17.7 Å². The molecule has 3 N–H and O–H groups in total. The van der Waals surface area contributed by atoms with E-state index in [4.69, 9.17) is 4.74 Å². The van der Waals surface area contributed by atoms with E-state index in [-0.39, 0.29) is 23.8 Å². The Kier molecular flexibility index (Phi) is 11.6. The van der Waals surface area contributed by atoms with Crippen molar-refractivity contribution in [1.82, 2.24) is 15.2 Å². The molecule has 3 aromatic carbocycles. The van der Waals surface area contributed by atoms with E-state index in [1.165, 1.54) is 34.2 Å². The molecule has 280 valence electrons. The Labute approximate surface area is 318 Å². The van der Waals surface area contributed by atoms with E-state index in [2.05, 4.69) is 25.6 Å². The Balaban J connectivity index is 1.30. The molecule has 6 rings (SSSR count). The first-order valence-electron chi connectivity index (χ1n) is 16.9. The fourth-order valence-electron chi connectivity index (χ4n) is 6.21. The van der Waals surface area contributed by atoms with Gasteiger partial charge in [-0.05, 0) is 43.5 Å². The number of hydrogen-bond acceptors (Lipinski definition) is 11. The molecule has 2 unspecified atom stereocenters. The third-order valence-corrected chi connectivity index (χ3v) is 10.4. The van der Waals surface area contributed by atoms with Crippen LogP contribution in [0.4, 0.5) is 13.9 Å². The summed E-state index contributed by atoms with van der Waals surface area (Å²) in [6.45, 7) is 1.44. The van der Waals surface area contributed by atoms with Crippen LogP contribution in [0.3, 0.4) is 0 Å². The zero-order chi connectivity index (χ0) is 38.5. The van der Waals surface area contributed by atoms with Gasteiger partial charge in [0.1, 0.15) is 28.6 Å². The molecule has 15 heteroatoms. The number of rotatable bonds is 13. The number of benzene rings is 3. The van der Waals surface area contributed by atoms with Gasteiger partial charge in [-0.1, -0.05) is 102 Å². The number of anilines is 1. The van der Waals surface area contributed by atoms with Crippen LogP contribution >= 0.6 is 23.1 Å². The van der Waals surface area contributed by atoms with Crippen LogP contribution in [0.1, 0.15) is 43.2 Å². The number of halogens is 2. The maximum Gasteiger partial charge on any atom is 0.407 e. The molecule has 2 aliphatic rings. The van der Waals surface area contributed by atoms with Gasteiger partial charge < -0.3 is 25.3 Å². The van der Waals surface area contributed by atoms with Crippen LogP contribution in [-0.4, -0.2) is 75.1 Å². The third kappa shape index (κ3) is 8.07. The maximum atomic E-state index is 13.8. The molecule has 1 aromatic heterocycles. The molecule has 3 heterocycles. The zero-order valence-corrected chi connectivity index (χ0v) is 31.1. The highest BCUT2D eigenvalue weighted by Crippen LogP contribution is 2.42. The average Bonchev–Trinajstić information content (AvgIpc) is 3.62. The average molecular weight is 774 g/mol. The normalized spacial score (nSPS) is 17.6. The summed E-state index contributed by atoms with van der Waals surface area (Å²) in [6.07, 6.45) is 2.96. The Morgan fingerprint density at radius 2 is 1.57 bits per heavy atom. The SMILES string of the molecule is CC(C)(C)OC(=O)C1=C(C=CCO)SCC2C(NC(=O)C(=NOC(F)F)c3csc(NC(c4ccccc4)(c4ccccc4)c4ccccc4)n3)C(=O)N12. The van der Waals surface area contributed by atoms with Crippen molar-refractivity contribution in [3.63, 3.8) is 0 Å². The molecule has 1 saturated heterocycles. The Bertz CT molecular complexity index is 1970. The molecule has 2 atom stereocenters. The predicted octanol–water partition coefficient (Wildman–Crippen LogP) is 6.03. The van der Waals surface area contributed by atoms with E-state index in [1.54, 1.807) is 20.8 Å². The lowest BCUT2D eigenvalue weighted by atomic mass is 9.77. The number of nitrogens with one attached hydrogen (secondary N) is 2. The first-order valence-corrected chi connectivity index (χ1v) is 18.7. The quantitative estimate of drug-likeness (QED) is 0.0488.